The van der Waals surface area contributed by atoms with Gasteiger partial charge in [-0.25, -0.2) is 9.98 Å². The van der Waals surface area contributed by atoms with Crippen LogP contribution in [-0.4, -0.2) is 69.0 Å². The first kappa shape index (κ1) is 22.2. The molecule has 2 fully saturated rings. The Morgan fingerprint density at radius 1 is 1.41 bits per heavy atom. The number of aliphatic imine (C=N–C) groups is 1. The summed E-state index contributed by atoms with van der Waals surface area (Å²) in [5.41, 5.74) is 1.30. The standard InChI is InChI=1S/C19H30N4O3.HI/c1-3-20-18(23-9-6-19(14-23)7-10-25-15-19)22-13-16-5-4-8-21-17(16)26-12-11-24-2;/h4-5,8H,3,6-7,9-15H2,1-2H3,(H,20,22);1H. The summed E-state index contributed by atoms with van der Waals surface area (Å²) in [5, 5.41) is 3.43. The summed E-state index contributed by atoms with van der Waals surface area (Å²) in [4.78, 5) is 11.5. The van der Waals surface area contributed by atoms with Gasteiger partial charge in [0.05, 0.1) is 19.8 Å². The third-order valence-electron chi connectivity index (χ3n) is 5.03. The van der Waals surface area contributed by atoms with Gasteiger partial charge in [-0.2, -0.15) is 0 Å². The van der Waals surface area contributed by atoms with Crippen LogP contribution in [0, 0.1) is 5.41 Å². The summed E-state index contributed by atoms with van der Waals surface area (Å²) >= 11 is 0. The molecule has 0 bridgehead atoms. The van der Waals surface area contributed by atoms with Crippen molar-refractivity contribution in [3.05, 3.63) is 23.9 Å². The third-order valence-corrected chi connectivity index (χ3v) is 5.03. The first-order chi connectivity index (χ1) is 12.8. The number of methoxy groups -OCH3 is 1. The van der Waals surface area contributed by atoms with Gasteiger partial charge in [0, 0.05) is 50.5 Å². The first-order valence-electron chi connectivity index (χ1n) is 9.43. The van der Waals surface area contributed by atoms with Gasteiger partial charge in [0.1, 0.15) is 6.61 Å². The number of rotatable bonds is 7. The van der Waals surface area contributed by atoms with Gasteiger partial charge in [0.15, 0.2) is 5.96 Å². The van der Waals surface area contributed by atoms with Gasteiger partial charge in [-0.3, -0.25) is 0 Å². The minimum Gasteiger partial charge on any atom is -0.475 e. The summed E-state index contributed by atoms with van der Waals surface area (Å²) in [7, 11) is 1.66. The fourth-order valence-electron chi connectivity index (χ4n) is 3.57. The maximum absolute atomic E-state index is 5.72. The number of nitrogens with one attached hydrogen (secondary N) is 1. The highest BCUT2D eigenvalue weighted by molar-refractivity contribution is 14.0. The molecule has 2 saturated heterocycles. The van der Waals surface area contributed by atoms with Crippen LogP contribution in [0.2, 0.25) is 0 Å². The van der Waals surface area contributed by atoms with Crippen LogP contribution in [0.25, 0.3) is 0 Å². The number of likely N-dealkylation sites (tertiary alicyclic amines) is 1. The van der Waals surface area contributed by atoms with Gasteiger partial charge >= 0.3 is 0 Å². The Balaban J connectivity index is 0.00000261. The molecule has 1 atom stereocenters. The molecule has 3 rings (SSSR count). The van der Waals surface area contributed by atoms with Crippen LogP contribution < -0.4 is 10.1 Å². The third kappa shape index (κ3) is 5.92. The Bertz CT molecular complexity index is 608. The molecule has 1 unspecified atom stereocenters. The topological polar surface area (TPSA) is 68.2 Å². The van der Waals surface area contributed by atoms with Crippen LogP contribution in [0.3, 0.4) is 0 Å². The quantitative estimate of drug-likeness (QED) is 0.274. The molecule has 1 aromatic rings. The van der Waals surface area contributed by atoms with Gasteiger partial charge in [0.25, 0.3) is 0 Å². The van der Waals surface area contributed by atoms with E-state index in [0.717, 1.165) is 50.8 Å². The second-order valence-corrected chi connectivity index (χ2v) is 6.95. The minimum atomic E-state index is 0. The van der Waals surface area contributed by atoms with Crippen molar-refractivity contribution in [3.8, 4) is 5.88 Å². The molecular formula is C19H31IN4O3. The normalized spacial score (nSPS) is 22.1. The summed E-state index contributed by atoms with van der Waals surface area (Å²) in [6, 6.07) is 3.93. The summed E-state index contributed by atoms with van der Waals surface area (Å²) in [6.45, 7) is 8.33. The molecular weight excluding hydrogens is 459 g/mol. The maximum atomic E-state index is 5.72. The second-order valence-electron chi connectivity index (χ2n) is 6.95. The van der Waals surface area contributed by atoms with E-state index < -0.39 is 0 Å². The predicted octanol–water partition coefficient (Wildman–Crippen LogP) is 2.30. The van der Waals surface area contributed by atoms with Crippen molar-refractivity contribution < 1.29 is 14.2 Å². The number of nitrogens with zero attached hydrogens (tertiary/aromatic N) is 3. The van der Waals surface area contributed by atoms with Crippen molar-refractivity contribution in [2.75, 3.05) is 53.2 Å². The predicted molar refractivity (Wildman–Crippen MR) is 116 cm³/mol. The van der Waals surface area contributed by atoms with Gasteiger partial charge < -0.3 is 24.4 Å². The van der Waals surface area contributed by atoms with Crippen LogP contribution in [0.1, 0.15) is 25.3 Å². The minimum absolute atomic E-state index is 0. The van der Waals surface area contributed by atoms with Gasteiger partial charge in [-0.05, 0) is 25.8 Å². The van der Waals surface area contributed by atoms with Crippen LogP contribution >= 0.6 is 24.0 Å². The number of hydrogen-bond donors (Lipinski definition) is 1. The Morgan fingerprint density at radius 2 is 2.30 bits per heavy atom. The molecule has 0 aromatic carbocycles. The number of ether oxygens (including phenoxy) is 3. The lowest BCUT2D eigenvalue weighted by Crippen LogP contribution is -2.41. The summed E-state index contributed by atoms with van der Waals surface area (Å²) < 4.78 is 16.4. The molecule has 0 saturated carbocycles. The molecule has 1 N–H and O–H groups in total. The average Bonchev–Trinajstić information content (AvgIpc) is 3.30. The van der Waals surface area contributed by atoms with E-state index in [4.69, 9.17) is 19.2 Å². The van der Waals surface area contributed by atoms with Crippen molar-refractivity contribution in [1.29, 1.82) is 0 Å². The monoisotopic (exact) mass is 490 g/mol. The molecule has 3 heterocycles. The SMILES string of the molecule is CCNC(=NCc1cccnc1OCCOC)N1CCC2(CCOC2)C1.I. The van der Waals surface area contributed by atoms with E-state index in [2.05, 4.69) is 22.1 Å². The van der Waals surface area contributed by atoms with E-state index >= 15 is 0 Å². The molecule has 8 heteroatoms. The van der Waals surface area contributed by atoms with Gasteiger partial charge in [-0.15, -0.1) is 24.0 Å². The van der Waals surface area contributed by atoms with E-state index in [-0.39, 0.29) is 24.0 Å². The summed E-state index contributed by atoms with van der Waals surface area (Å²) in [5.74, 6) is 1.59. The average molecular weight is 490 g/mol. The van der Waals surface area contributed by atoms with E-state index in [1.807, 2.05) is 12.1 Å². The molecule has 2 aliphatic heterocycles. The van der Waals surface area contributed by atoms with Gasteiger partial charge in [0.2, 0.25) is 5.88 Å². The zero-order valence-electron chi connectivity index (χ0n) is 16.3. The Hall–Kier alpha value is -1.13. The summed E-state index contributed by atoms with van der Waals surface area (Å²) in [6.07, 6.45) is 4.07. The molecule has 1 aromatic heterocycles. The molecule has 7 nitrogen and oxygen atoms in total. The second kappa shape index (κ2) is 11.0. The first-order valence-corrected chi connectivity index (χ1v) is 9.43. The van der Waals surface area contributed by atoms with Crippen LogP contribution in [0.15, 0.2) is 23.3 Å². The Kier molecular flexibility index (Phi) is 9.04. The fourth-order valence-corrected chi connectivity index (χ4v) is 3.57. The van der Waals surface area contributed by atoms with Crippen molar-refractivity contribution >= 4 is 29.9 Å². The van der Waals surface area contributed by atoms with E-state index in [1.54, 1.807) is 13.3 Å². The van der Waals surface area contributed by atoms with Crippen LogP contribution in [0.5, 0.6) is 5.88 Å². The number of aromatic nitrogens is 1. The fraction of sp³-hybridized carbons (Fsp3) is 0.684. The Morgan fingerprint density at radius 3 is 3.04 bits per heavy atom. The molecule has 27 heavy (non-hydrogen) atoms. The van der Waals surface area contributed by atoms with Crippen molar-refractivity contribution in [2.24, 2.45) is 10.4 Å². The molecule has 152 valence electrons. The molecule has 2 aliphatic rings. The lowest BCUT2D eigenvalue weighted by atomic mass is 9.87. The van der Waals surface area contributed by atoms with Crippen molar-refractivity contribution in [2.45, 2.75) is 26.3 Å². The van der Waals surface area contributed by atoms with Crippen LogP contribution in [-0.2, 0) is 16.0 Å². The van der Waals surface area contributed by atoms with E-state index in [1.165, 1.54) is 6.42 Å². The number of halogens is 1. The maximum Gasteiger partial charge on any atom is 0.218 e. The highest BCUT2D eigenvalue weighted by atomic mass is 127. The number of hydrogen-bond acceptors (Lipinski definition) is 5. The molecule has 0 amide bonds. The zero-order valence-corrected chi connectivity index (χ0v) is 18.6. The number of pyridine rings is 1. The highest BCUT2D eigenvalue weighted by Crippen LogP contribution is 2.38. The van der Waals surface area contributed by atoms with E-state index in [0.29, 0.717) is 31.1 Å². The smallest absolute Gasteiger partial charge is 0.218 e. The lowest BCUT2D eigenvalue weighted by Gasteiger charge is -2.25. The lowest BCUT2D eigenvalue weighted by molar-refractivity contribution is 0.143. The van der Waals surface area contributed by atoms with Crippen LogP contribution in [0.4, 0.5) is 0 Å². The van der Waals surface area contributed by atoms with Crippen molar-refractivity contribution in [1.82, 2.24) is 15.2 Å². The largest absolute Gasteiger partial charge is 0.475 e. The van der Waals surface area contributed by atoms with Gasteiger partial charge in [-0.1, -0.05) is 6.07 Å². The molecule has 1 spiro atoms. The molecule has 0 aliphatic carbocycles. The highest BCUT2D eigenvalue weighted by Gasteiger charge is 2.42. The molecule has 0 radical (unpaired) electrons. The van der Waals surface area contributed by atoms with E-state index in [9.17, 15) is 0 Å². The Labute approximate surface area is 178 Å². The van der Waals surface area contributed by atoms with Crippen molar-refractivity contribution in [3.63, 3.8) is 0 Å². The zero-order chi connectivity index (χ0) is 18.2. The number of guanidine groups is 1.